The van der Waals surface area contributed by atoms with Crippen LogP contribution >= 0.6 is 23.1 Å². The predicted octanol–water partition coefficient (Wildman–Crippen LogP) is 2.59. The highest BCUT2D eigenvalue weighted by molar-refractivity contribution is 8.01. The molecule has 0 aromatic carbocycles. The van der Waals surface area contributed by atoms with Crippen molar-refractivity contribution in [2.24, 2.45) is 0 Å². The van der Waals surface area contributed by atoms with E-state index in [-0.39, 0.29) is 5.91 Å². The molecule has 0 unspecified atom stereocenters. The van der Waals surface area contributed by atoms with Crippen molar-refractivity contribution < 1.29 is 4.79 Å². The van der Waals surface area contributed by atoms with Crippen LogP contribution in [-0.2, 0) is 4.79 Å². The van der Waals surface area contributed by atoms with Gasteiger partial charge in [0.2, 0.25) is 11.0 Å². The highest BCUT2D eigenvalue weighted by Crippen LogP contribution is 2.26. The van der Waals surface area contributed by atoms with Gasteiger partial charge >= 0.3 is 0 Å². The second-order valence-corrected chi connectivity index (χ2v) is 8.27. The van der Waals surface area contributed by atoms with Gasteiger partial charge in [0.25, 0.3) is 0 Å². The topological polar surface area (TPSA) is 74.2 Å². The minimum Gasteiger partial charge on any atom is -0.360 e. The Labute approximate surface area is 162 Å². The van der Waals surface area contributed by atoms with Crippen molar-refractivity contribution >= 4 is 40.0 Å². The molecule has 7 nitrogen and oxygen atoms in total. The van der Waals surface area contributed by atoms with Crippen LogP contribution in [-0.4, -0.2) is 64.5 Å². The third-order valence-electron chi connectivity index (χ3n) is 4.08. The maximum atomic E-state index is 12.4. The Morgan fingerprint density at radius 2 is 2.12 bits per heavy atom. The van der Waals surface area contributed by atoms with E-state index in [1.807, 2.05) is 23.1 Å². The molecule has 3 heterocycles. The van der Waals surface area contributed by atoms with Crippen molar-refractivity contribution in [3.05, 3.63) is 24.4 Å². The zero-order chi connectivity index (χ0) is 18.2. The molecule has 0 spiro atoms. The van der Waals surface area contributed by atoms with Gasteiger partial charge in [-0.25, -0.2) is 4.98 Å². The fourth-order valence-electron chi connectivity index (χ4n) is 2.68. The van der Waals surface area contributed by atoms with Crippen LogP contribution in [0.1, 0.15) is 19.8 Å². The maximum Gasteiger partial charge on any atom is 0.223 e. The average molecular weight is 393 g/mol. The molecule has 26 heavy (non-hydrogen) atoms. The van der Waals surface area contributed by atoms with E-state index in [0.717, 1.165) is 60.2 Å². The Hall–Kier alpha value is -1.87. The maximum absolute atomic E-state index is 12.4. The summed E-state index contributed by atoms with van der Waals surface area (Å²) in [5.74, 6) is 1.94. The van der Waals surface area contributed by atoms with E-state index < -0.39 is 0 Å². The zero-order valence-corrected chi connectivity index (χ0v) is 16.6. The Kier molecular flexibility index (Phi) is 7.07. The van der Waals surface area contributed by atoms with Crippen LogP contribution in [0.2, 0.25) is 0 Å². The number of carbonyl (C=O) groups excluding carboxylic acids is 1. The smallest absolute Gasteiger partial charge is 0.223 e. The van der Waals surface area contributed by atoms with Crippen LogP contribution in [0.25, 0.3) is 0 Å². The predicted molar refractivity (Wildman–Crippen MR) is 107 cm³/mol. The third kappa shape index (κ3) is 5.31. The second kappa shape index (κ2) is 9.72. The summed E-state index contributed by atoms with van der Waals surface area (Å²) in [6, 6.07) is 5.93. The van der Waals surface area contributed by atoms with Gasteiger partial charge in [-0.3, -0.25) is 4.79 Å². The molecule has 0 atom stereocenters. The highest BCUT2D eigenvalue weighted by Gasteiger charge is 2.21. The molecule has 0 bridgehead atoms. The molecule has 9 heteroatoms. The lowest BCUT2D eigenvalue weighted by molar-refractivity contribution is -0.131. The van der Waals surface area contributed by atoms with E-state index in [1.54, 1.807) is 29.3 Å². The minimum atomic E-state index is 0.215. The van der Waals surface area contributed by atoms with E-state index in [4.69, 9.17) is 0 Å². The number of hydrogen-bond acceptors (Lipinski definition) is 8. The summed E-state index contributed by atoms with van der Waals surface area (Å²) in [5.41, 5.74) is 0. The first kappa shape index (κ1) is 18.9. The first-order valence-corrected chi connectivity index (χ1v) is 10.7. The molecule has 2 aromatic heterocycles. The molecule has 0 radical (unpaired) electrons. The molecule has 1 aliphatic rings. The van der Waals surface area contributed by atoms with E-state index in [9.17, 15) is 4.79 Å². The van der Waals surface area contributed by atoms with Crippen LogP contribution in [0.5, 0.6) is 0 Å². The van der Waals surface area contributed by atoms with Gasteiger partial charge in [-0.15, -0.1) is 10.2 Å². The average Bonchev–Trinajstić information content (AvgIpc) is 3.15. The minimum absolute atomic E-state index is 0.215. The molecule has 3 rings (SSSR count). The number of nitrogens with one attached hydrogen (secondary N) is 1. The van der Waals surface area contributed by atoms with Gasteiger partial charge in [0, 0.05) is 51.1 Å². The van der Waals surface area contributed by atoms with Crippen molar-refractivity contribution in [3.8, 4) is 0 Å². The molecule has 1 saturated heterocycles. The summed E-state index contributed by atoms with van der Waals surface area (Å²) < 4.78 is 0.913. The lowest BCUT2D eigenvalue weighted by atomic mass is 10.3. The van der Waals surface area contributed by atoms with Gasteiger partial charge < -0.3 is 15.1 Å². The Morgan fingerprint density at radius 3 is 2.85 bits per heavy atom. The molecule has 1 N–H and O–H groups in total. The normalized spacial score (nSPS) is 14.5. The van der Waals surface area contributed by atoms with Crippen LogP contribution in [0, 0.1) is 0 Å². The van der Waals surface area contributed by atoms with Gasteiger partial charge in [0.15, 0.2) is 4.34 Å². The molecule has 1 fully saturated rings. The summed E-state index contributed by atoms with van der Waals surface area (Å²) in [6.07, 6.45) is 3.40. The lowest BCUT2D eigenvalue weighted by Gasteiger charge is -2.35. The number of carbonyl (C=O) groups is 1. The van der Waals surface area contributed by atoms with Gasteiger partial charge in [-0.1, -0.05) is 36.1 Å². The summed E-state index contributed by atoms with van der Waals surface area (Å²) in [4.78, 5) is 21.0. The fraction of sp³-hybridized carbons (Fsp3) is 0.529. The Morgan fingerprint density at radius 1 is 1.27 bits per heavy atom. The van der Waals surface area contributed by atoms with Gasteiger partial charge in [-0.05, 0) is 18.6 Å². The molecule has 0 aliphatic carbocycles. The van der Waals surface area contributed by atoms with Crippen LogP contribution in [0.15, 0.2) is 28.7 Å². The van der Waals surface area contributed by atoms with Crippen molar-refractivity contribution in [1.82, 2.24) is 20.1 Å². The molecule has 0 saturated carbocycles. The third-order valence-corrected chi connectivity index (χ3v) is 6.10. The molecule has 1 aliphatic heterocycles. The van der Waals surface area contributed by atoms with Gasteiger partial charge in [0.1, 0.15) is 5.82 Å². The summed E-state index contributed by atoms with van der Waals surface area (Å²) >= 11 is 3.15. The molecular formula is C17H24N6OS2. The fourth-order valence-corrected chi connectivity index (χ4v) is 4.46. The number of hydrogen-bond donors (Lipinski definition) is 1. The molecule has 1 amide bonds. The van der Waals surface area contributed by atoms with E-state index >= 15 is 0 Å². The Balaban J connectivity index is 1.37. The second-order valence-electron chi connectivity index (χ2n) is 5.95. The van der Waals surface area contributed by atoms with Crippen LogP contribution < -0.4 is 10.2 Å². The standard InChI is InChI=1S/C17H24N6OS2/c1-2-7-19-16-20-21-17(26-16)25-13-6-15(24)23-11-9-22(10-12-23)14-5-3-4-8-18-14/h3-5,8H,2,6-7,9-13H2,1H3,(H,19,20). The first-order chi connectivity index (χ1) is 12.8. The summed E-state index contributed by atoms with van der Waals surface area (Å²) in [7, 11) is 0. The number of rotatable bonds is 8. The lowest BCUT2D eigenvalue weighted by Crippen LogP contribution is -2.49. The number of aromatic nitrogens is 3. The molecular weight excluding hydrogens is 368 g/mol. The number of pyridine rings is 1. The monoisotopic (exact) mass is 392 g/mol. The Bertz CT molecular complexity index is 688. The van der Waals surface area contributed by atoms with Crippen molar-refractivity contribution in [2.45, 2.75) is 24.1 Å². The number of thioether (sulfide) groups is 1. The van der Waals surface area contributed by atoms with Crippen molar-refractivity contribution in [1.29, 1.82) is 0 Å². The van der Waals surface area contributed by atoms with Gasteiger partial charge in [-0.2, -0.15) is 0 Å². The number of amides is 1. The van der Waals surface area contributed by atoms with E-state index in [1.165, 1.54) is 0 Å². The van der Waals surface area contributed by atoms with Crippen molar-refractivity contribution in [2.75, 3.05) is 48.7 Å². The first-order valence-electron chi connectivity index (χ1n) is 8.90. The zero-order valence-electron chi connectivity index (χ0n) is 14.9. The van der Waals surface area contributed by atoms with Crippen LogP contribution in [0.4, 0.5) is 10.9 Å². The number of piperazine rings is 1. The van der Waals surface area contributed by atoms with Crippen LogP contribution in [0.3, 0.4) is 0 Å². The van der Waals surface area contributed by atoms with E-state index in [2.05, 4.69) is 32.3 Å². The summed E-state index contributed by atoms with van der Waals surface area (Å²) in [6.45, 7) is 6.19. The molecule has 2 aromatic rings. The SMILES string of the molecule is CCCNc1nnc(SCCC(=O)N2CCN(c3ccccn3)CC2)s1. The summed E-state index contributed by atoms with van der Waals surface area (Å²) in [5, 5.41) is 12.3. The number of nitrogens with zero attached hydrogens (tertiary/aromatic N) is 5. The van der Waals surface area contributed by atoms with Gasteiger partial charge in [0.05, 0.1) is 0 Å². The molecule has 140 valence electrons. The van der Waals surface area contributed by atoms with Crippen molar-refractivity contribution in [3.63, 3.8) is 0 Å². The largest absolute Gasteiger partial charge is 0.360 e. The highest BCUT2D eigenvalue weighted by atomic mass is 32.2. The number of anilines is 2. The quantitative estimate of drug-likeness (QED) is 0.692. The van der Waals surface area contributed by atoms with E-state index in [0.29, 0.717) is 6.42 Å².